The summed E-state index contributed by atoms with van der Waals surface area (Å²) in [6.07, 6.45) is -0.272. The van der Waals surface area contributed by atoms with Crippen LogP contribution in [-0.4, -0.2) is 41.1 Å². The standard InChI is InChI=1S/C22H19NO7S3/c1-30-17-10-12-18(13-11-17)32(26,27)19-14-21(31-15-19)33(28,29)23-20(22(24)25)9-5-8-16-6-3-2-4-7-16/h2-4,6-7,10-15,20,23H,9H2,1H3,(H,24,25). The van der Waals surface area contributed by atoms with Crippen LogP contribution < -0.4 is 9.46 Å². The summed E-state index contributed by atoms with van der Waals surface area (Å²) in [5.74, 6) is 4.50. The predicted molar refractivity (Wildman–Crippen MR) is 122 cm³/mol. The van der Waals surface area contributed by atoms with Crippen LogP contribution in [-0.2, 0) is 24.7 Å². The molecule has 3 aromatic rings. The van der Waals surface area contributed by atoms with Gasteiger partial charge in [0.1, 0.15) is 16.0 Å². The number of aliphatic carboxylic acids is 1. The summed E-state index contributed by atoms with van der Waals surface area (Å²) >= 11 is 0.677. The second kappa shape index (κ2) is 10.2. The van der Waals surface area contributed by atoms with Crippen molar-refractivity contribution in [1.29, 1.82) is 0 Å². The summed E-state index contributed by atoms with van der Waals surface area (Å²) in [5.41, 5.74) is 0.663. The summed E-state index contributed by atoms with van der Waals surface area (Å²) < 4.78 is 57.8. The molecule has 0 saturated carbocycles. The summed E-state index contributed by atoms with van der Waals surface area (Å²) in [7, 11) is -6.82. The number of nitrogens with one attached hydrogen (secondary N) is 1. The van der Waals surface area contributed by atoms with Crippen molar-refractivity contribution in [3.05, 3.63) is 71.6 Å². The van der Waals surface area contributed by atoms with Crippen LogP contribution in [0.25, 0.3) is 0 Å². The van der Waals surface area contributed by atoms with Gasteiger partial charge in [-0.1, -0.05) is 30.0 Å². The number of methoxy groups -OCH3 is 1. The van der Waals surface area contributed by atoms with Gasteiger partial charge in [0.2, 0.25) is 9.84 Å². The Labute approximate surface area is 195 Å². The molecule has 1 heterocycles. The van der Waals surface area contributed by atoms with Gasteiger partial charge >= 0.3 is 5.97 Å². The van der Waals surface area contributed by atoms with Gasteiger partial charge in [-0.05, 0) is 42.5 Å². The molecule has 0 bridgehead atoms. The normalized spacial score (nSPS) is 12.4. The Morgan fingerprint density at radius 3 is 2.33 bits per heavy atom. The number of sulfonamides is 1. The molecule has 2 N–H and O–H groups in total. The van der Waals surface area contributed by atoms with E-state index in [-0.39, 0.29) is 20.4 Å². The highest BCUT2D eigenvalue weighted by Crippen LogP contribution is 2.29. The van der Waals surface area contributed by atoms with Crippen LogP contribution in [0.2, 0.25) is 0 Å². The van der Waals surface area contributed by atoms with Crippen molar-refractivity contribution < 1.29 is 31.5 Å². The third-order valence-corrected chi connectivity index (χ3v) is 9.21. The molecule has 172 valence electrons. The zero-order valence-corrected chi connectivity index (χ0v) is 19.7. The van der Waals surface area contributed by atoms with Crippen molar-refractivity contribution >= 4 is 37.2 Å². The molecule has 0 aliphatic carbocycles. The van der Waals surface area contributed by atoms with Crippen LogP contribution in [0.1, 0.15) is 12.0 Å². The number of benzene rings is 2. The highest BCUT2D eigenvalue weighted by atomic mass is 32.2. The second-order valence-corrected chi connectivity index (χ2v) is 11.5. The fraction of sp³-hybridized carbons (Fsp3) is 0.136. The van der Waals surface area contributed by atoms with Crippen molar-refractivity contribution in [1.82, 2.24) is 4.72 Å². The molecule has 1 aromatic heterocycles. The number of carboxylic acid groups (broad SMARTS) is 1. The predicted octanol–water partition coefficient (Wildman–Crippen LogP) is 2.76. The number of rotatable bonds is 8. The minimum Gasteiger partial charge on any atom is -0.497 e. The van der Waals surface area contributed by atoms with Crippen molar-refractivity contribution in [2.45, 2.75) is 26.5 Å². The lowest BCUT2D eigenvalue weighted by molar-refractivity contribution is -0.138. The third kappa shape index (κ3) is 6.00. The summed E-state index contributed by atoms with van der Waals surface area (Å²) in [6.45, 7) is 0. The Morgan fingerprint density at radius 1 is 1.06 bits per heavy atom. The maximum Gasteiger partial charge on any atom is 0.322 e. The van der Waals surface area contributed by atoms with Crippen molar-refractivity contribution in [2.24, 2.45) is 0 Å². The molecular formula is C22H19NO7S3. The van der Waals surface area contributed by atoms with E-state index >= 15 is 0 Å². The Kier molecular flexibility index (Phi) is 7.55. The van der Waals surface area contributed by atoms with Crippen LogP contribution >= 0.6 is 11.3 Å². The average molecular weight is 506 g/mol. The maximum atomic E-state index is 12.8. The second-order valence-electron chi connectivity index (χ2n) is 6.66. The summed E-state index contributed by atoms with van der Waals surface area (Å²) in [4.78, 5) is 11.3. The molecule has 0 aliphatic heterocycles. The minimum absolute atomic E-state index is 0.0300. The van der Waals surface area contributed by atoms with E-state index in [1.807, 2.05) is 6.07 Å². The average Bonchev–Trinajstić information content (AvgIpc) is 3.31. The lowest BCUT2D eigenvalue weighted by atomic mass is 10.2. The van der Waals surface area contributed by atoms with E-state index < -0.39 is 31.9 Å². The Balaban J connectivity index is 1.79. The lowest BCUT2D eigenvalue weighted by Crippen LogP contribution is -2.40. The number of sulfone groups is 1. The lowest BCUT2D eigenvalue weighted by Gasteiger charge is -2.11. The van der Waals surface area contributed by atoms with Crippen LogP contribution in [0.15, 0.2) is 80.0 Å². The molecule has 8 nitrogen and oxygen atoms in total. The maximum absolute atomic E-state index is 12.8. The summed E-state index contributed by atoms with van der Waals surface area (Å²) in [5, 5.41) is 10.6. The van der Waals surface area contributed by atoms with Crippen molar-refractivity contribution in [3.8, 4) is 17.6 Å². The van der Waals surface area contributed by atoms with E-state index in [1.54, 1.807) is 24.3 Å². The fourth-order valence-corrected chi connectivity index (χ4v) is 6.76. The van der Waals surface area contributed by atoms with Crippen LogP contribution in [0, 0.1) is 11.8 Å². The topological polar surface area (TPSA) is 127 Å². The zero-order chi connectivity index (χ0) is 24.1. The van der Waals surface area contributed by atoms with E-state index in [2.05, 4.69) is 16.6 Å². The Hall–Kier alpha value is -3.17. The summed E-state index contributed by atoms with van der Waals surface area (Å²) in [6, 6.07) is 14.0. The number of hydrogen-bond donors (Lipinski definition) is 2. The van der Waals surface area contributed by atoms with Gasteiger partial charge in [-0.15, -0.1) is 11.3 Å². The minimum atomic E-state index is -4.30. The largest absolute Gasteiger partial charge is 0.497 e. The van der Waals surface area contributed by atoms with Crippen molar-refractivity contribution in [2.75, 3.05) is 7.11 Å². The van der Waals surface area contributed by atoms with E-state index in [1.165, 1.54) is 36.8 Å². The van der Waals surface area contributed by atoms with Gasteiger partial charge in [-0.25, -0.2) is 16.8 Å². The Morgan fingerprint density at radius 2 is 1.73 bits per heavy atom. The number of carboxylic acids is 1. The van der Waals surface area contributed by atoms with Gasteiger partial charge in [0.25, 0.3) is 10.0 Å². The van der Waals surface area contributed by atoms with E-state index in [0.717, 1.165) is 6.07 Å². The van der Waals surface area contributed by atoms with Crippen LogP contribution in [0.4, 0.5) is 0 Å². The molecule has 3 rings (SSSR count). The SMILES string of the molecule is COc1ccc(S(=O)(=O)c2csc(S(=O)(=O)NC(CC#Cc3ccccc3)C(=O)O)c2)cc1. The van der Waals surface area contributed by atoms with Gasteiger partial charge in [-0.3, -0.25) is 4.79 Å². The van der Waals surface area contributed by atoms with Gasteiger partial charge in [0, 0.05) is 17.4 Å². The zero-order valence-electron chi connectivity index (χ0n) is 17.3. The smallest absolute Gasteiger partial charge is 0.322 e. The van der Waals surface area contributed by atoms with E-state index in [9.17, 15) is 26.7 Å². The quantitative estimate of drug-likeness (QED) is 0.451. The van der Waals surface area contributed by atoms with Gasteiger partial charge < -0.3 is 9.84 Å². The molecule has 0 fully saturated rings. The number of thiophene rings is 1. The van der Waals surface area contributed by atoms with Gasteiger partial charge in [0.15, 0.2) is 0 Å². The first-order valence-corrected chi connectivity index (χ1v) is 13.2. The van der Waals surface area contributed by atoms with Gasteiger partial charge in [0.05, 0.1) is 16.9 Å². The molecule has 2 aromatic carbocycles. The van der Waals surface area contributed by atoms with Crippen LogP contribution in [0.5, 0.6) is 5.75 Å². The molecule has 0 amide bonds. The molecule has 0 radical (unpaired) electrons. The molecule has 0 spiro atoms. The number of hydrogen-bond acceptors (Lipinski definition) is 7. The highest BCUT2D eigenvalue weighted by Gasteiger charge is 2.28. The number of ether oxygens (including phenoxy) is 1. The molecule has 33 heavy (non-hydrogen) atoms. The number of carbonyl (C=O) groups is 1. The molecule has 1 atom stereocenters. The highest BCUT2D eigenvalue weighted by molar-refractivity contribution is 7.93. The Bertz CT molecular complexity index is 1400. The van der Waals surface area contributed by atoms with Crippen molar-refractivity contribution in [3.63, 3.8) is 0 Å². The molecule has 0 saturated heterocycles. The fourth-order valence-electron chi connectivity index (χ4n) is 2.67. The third-order valence-electron chi connectivity index (χ3n) is 4.40. The van der Waals surface area contributed by atoms with E-state index in [4.69, 9.17) is 4.74 Å². The van der Waals surface area contributed by atoms with E-state index in [0.29, 0.717) is 22.6 Å². The van der Waals surface area contributed by atoms with Gasteiger partial charge in [-0.2, -0.15) is 4.72 Å². The molecule has 0 aliphatic rings. The first-order valence-electron chi connectivity index (χ1n) is 9.40. The molecule has 11 heteroatoms. The monoisotopic (exact) mass is 505 g/mol. The van der Waals surface area contributed by atoms with Crippen LogP contribution in [0.3, 0.4) is 0 Å². The molecular weight excluding hydrogens is 486 g/mol. The first-order chi connectivity index (χ1) is 15.6. The molecule has 1 unspecified atom stereocenters. The first kappa shape index (κ1) is 24.5.